The molecule has 0 saturated carbocycles. The molecule has 0 bridgehead atoms. The molecular weight excluding hydrogens is 179 g/mol. The Kier molecular flexibility index (Phi) is 2.41. The van der Waals surface area contributed by atoms with Gasteiger partial charge in [0.15, 0.2) is 0 Å². The number of hydrogen-bond acceptors (Lipinski definition) is 3. The van der Waals surface area contributed by atoms with E-state index in [0.717, 1.165) is 12.1 Å². The molecule has 0 N–H and O–H groups in total. The van der Waals surface area contributed by atoms with Crippen LogP contribution < -0.4 is 0 Å². The maximum atomic E-state index is 12.8. The molecule has 1 aromatic carbocycles. The van der Waals surface area contributed by atoms with Gasteiger partial charge in [-0.05, 0) is 17.7 Å². The Balaban J connectivity index is 3.19. The minimum Gasteiger partial charge on any atom is -0.258 e. The van der Waals surface area contributed by atoms with Gasteiger partial charge in [-0.1, -0.05) is 5.11 Å². The first kappa shape index (κ1) is 8.95. The van der Waals surface area contributed by atoms with Crippen molar-refractivity contribution >= 4 is 11.4 Å². The van der Waals surface area contributed by atoms with Gasteiger partial charge < -0.3 is 0 Å². The van der Waals surface area contributed by atoms with E-state index in [1.54, 1.807) is 0 Å². The molecule has 0 atom stereocenters. The van der Waals surface area contributed by atoms with Gasteiger partial charge in [-0.15, -0.1) is 0 Å². The molecule has 0 aliphatic carbocycles. The number of hydrogen-bond donors (Lipinski definition) is 0. The maximum Gasteiger partial charge on any atom is 0.304 e. The fraction of sp³-hybridized carbons (Fsp3) is 0. The molecule has 0 fully saturated rings. The highest BCUT2D eigenvalue weighted by atomic mass is 19.1. The third-order valence-electron chi connectivity index (χ3n) is 1.29. The molecule has 0 amide bonds. The predicted molar refractivity (Wildman–Crippen MR) is 41.9 cm³/mol. The van der Waals surface area contributed by atoms with E-state index in [1.165, 1.54) is 6.07 Å². The van der Waals surface area contributed by atoms with Crippen LogP contribution in [0.1, 0.15) is 0 Å². The lowest BCUT2D eigenvalue weighted by Crippen LogP contribution is -1.90. The van der Waals surface area contributed by atoms with E-state index in [2.05, 4.69) is 10.0 Å². The first-order chi connectivity index (χ1) is 6.15. The van der Waals surface area contributed by atoms with Crippen molar-refractivity contribution in [2.24, 2.45) is 5.11 Å². The lowest BCUT2D eigenvalue weighted by molar-refractivity contribution is -0.387. The summed E-state index contributed by atoms with van der Waals surface area (Å²) in [5.41, 5.74) is 7.35. The Labute approximate surface area is 71.4 Å². The quantitative estimate of drug-likeness (QED) is 0.231. The molecule has 66 valence electrons. The average Bonchev–Trinajstić information content (AvgIpc) is 2.04. The molecule has 0 saturated heterocycles. The number of benzene rings is 1. The van der Waals surface area contributed by atoms with Gasteiger partial charge in [0.1, 0.15) is 0 Å². The van der Waals surface area contributed by atoms with E-state index in [0.29, 0.717) is 0 Å². The lowest BCUT2D eigenvalue weighted by atomic mass is 10.3. The van der Waals surface area contributed by atoms with Crippen molar-refractivity contribution in [2.75, 3.05) is 0 Å². The van der Waals surface area contributed by atoms with E-state index >= 15 is 0 Å². The Bertz CT molecular complexity index is 400. The zero-order chi connectivity index (χ0) is 9.84. The number of nitrogens with zero attached hydrogens (tertiary/aromatic N) is 4. The number of rotatable bonds is 2. The molecule has 0 aliphatic heterocycles. The summed E-state index contributed by atoms with van der Waals surface area (Å²) < 4.78 is 12.8. The van der Waals surface area contributed by atoms with Crippen LogP contribution >= 0.6 is 0 Å². The summed E-state index contributed by atoms with van der Waals surface area (Å²) in [6.07, 6.45) is 0. The lowest BCUT2D eigenvalue weighted by Gasteiger charge is -1.93. The van der Waals surface area contributed by atoms with Gasteiger partial charge in [0.2, 0.25) is 5.82 Å². The molecule has 1 aromatic rings. The standard InChI is InChI=1S/C6H3FN4O2/c7-5-3-4(9-10-8)1-2-6(5)11(12)13/h1-3H. The summed E-state index contributed by atoms with van der Waals surface area (Å²) >= 11 is 0. The molecule has 0 aromatic heterocycles. The van der Waals surface area contributed by atoms with Crippen LogP contribution in [0.2, 0.25) is 0 Å². The second-order valence-corrected chi connectivity index (χ2v) is 2.08. The van der Waals surface area contributed by atoms with Crippen molar-refractivity contribution in [3.8, 4) is 0 Å². The molecule has 0 radical (unpaired) electrons. The van der Waals surface area contributed by atoms with Crippen molar-refractivity contribution in [2.45, 2.75) is 0 Å². The van der Waals surface area contributed by atoms with E-state index in [-0.39, 0.29) is 5.69 Å². The van der Waals surface area contributed by atoms with Crippen molar-refractivity contribution < 1.29 is 9.31 Å². The molecule has 0 spiro atoms. The highest BCUT2D eigenvalue weighted by molar-refractivity contribution is 5.45. The van der Waals surface area contributed by atoms with Crippen LogP contribution in [0.4, 0.5) is 15.8 Å². The van der Waals surface area contributed by atoms with Gasteiger partial charge in [0.25, 0.3) is 0 Å². The molecule has 0 heterocycles. The SMILES string of the molecule is [N-]=[N+]=Nc1ccc([N+](=O)[O-])c(F)c1. The summed E-state index contributed by atoms with van der Waals surface area (Å²) in [5, 5.41) is 13.2. The molecule has 6 nitrogen and oxygen atoms in total. The fourth-order valence-electron chi connectivity index (χ4n) is 0.758. The Morgan fingerprint density at radius 2 is 2.31 bits per heavy atom. The fourth-order valence-corrected chi connectivity index (χ4v) is 0.758. The first-order valence-electron chi connectivity index (χ1n) is 3.14. The Morgan fingerprint density at radius 1 is 1.62 bits per heavy atom. The molecular formula is C6H3FN4O2. The number of nitro benzene ring substituents is 1. The Hall–Kier alpha value is -2.14. The van der Waals surface area contributed by atoms with Crippen LogP contribution in [0.25, 0.3) is 10.4 Å². The zero-order valence-corrected chi connectivity index (χ0v) is 6.22. The molecule has 0 aliphatic rings. The zero-order valence-electron chi connectivity index (χ0n) is 6.22. The van der Waals surface area contributed by atoms with Gasteiger partial charge >= 0.3 is 5.69 Å². The van der Waals surface area contributed by atoms with Crippen LogP contribution in [0, 0.1) is 15.9 Å². The first-order valence-corrected chi connectivity index (χ1v) is 3.14. The number of halogens is 1. The second-order valence-electron chi connectivity index (χ2n) is 2.08. The molecule has 1 rings (SSSR count). The van der Waals surface area contributed by atoms with Gasteiger partial charge in [-0.25, -0.2) is 0 Å². The third-order valence-corrected chi connectivity index (χ3v) is 1.29. The van der Waals surface area contributed by atoms with Gasteiger partial charge in [0.05, 0.1) is 4.92 Å². The van der Waals surface area contributed by atoms with Crippen molar-refractivity contribution in [1.82, 2.24) is 0 Å². The summed E-state index contributed by atoms with van der Waals surface area (Å²) in [7, 11) is 0. The molecule has 7 heteroatoms. The maximum absolute atomic E-state index is 12.8. The second kappa shape index (κ2) is 3.51. The summed E-state index contributed by atoms with van der Waals surface area (Å²) in [6, 6.07) is 2.91. The summed E-state index contributed by atoms with van der Waals surface area (Å²) in [6.45, 7) is 0. The van der Waals surface area contributed by atoms with Gasteiger partial charge in [-0.3, -0.25) is 10.1 Å². The van der Waals surface area contributed by atoms with E-state index in [9.17, 15) is 14.5 Å². The molecule has 13 heavy (non-hydrogen) atoms. The number of azide groups is 1. The Morgan fingerprint density at radius 3 is 2.77 bits per heavy atom. The molecule has 0 unspecified atom stereocenters. The average molecular weight is 182 g/mol. The normalized spacial score (nSPS) is 9.00. The number of nitro groups is 1. The van der Waals surface area contributed by atoms with Crippen LogP contribution in [0.15, 0.2) is 23.3 Å². The summed E-state index contributed by atoms with van der Waals surface area (Å²) in [4.78, 5) is 11.7. The third kappa shape index (κ3) is 1.91. The predicted octanol–water partition coefficient (Wildman–Crippen LogP) is 2.68. The minimum absolute atomic E-state index is 0.00519. The van der Waals surface area contributed by atoms with Crippen molar-refractivity contribution in [1.29, 1.82) is 0 Å². The highest BCUT2D eigenvalue weighted by Gasteiger charge is 2.12. The van der Waals surface area contributed by atoms with Gasteiger partial charge in [-0.2, -0.15) is 4.39 Å². The summed E-state index contributed by atoms with van der Waals surface area (Å²) in [5.74, 6) is -1.02. The minimum atomic E-state index is -1.02. The van der Waals surface area contributed by atoms with Crippen LogP contribution in [-0.2, 0) is 0 Å². The highest BCUT2D eigenvalue weighted by Crippen LogP contribution is 2.22. The van der Waals surface area contributed by atoms with Crippen molar-refractivity contribution in [3.63, 3.8) is 0 Å². The largest absolute Gasteiger partial charge is 0.304 e. The van der Waals surface area contributed by atoms with Crippen molar-refractivity contribution in [3.05, 3.63) is 44.6 Å². The smallest absolute Gasteiger partial charge is 0.258 e. The van der Waals surface area contributed by atoms with E-state index < -0.39 is 16.4 Å². The van der Waals surface area contributed by atoms with Gasteiger partial charge in [0, 0.05) is 16.7 Å². The monoisotopic (exact) mass is 182 g/mol. The van der Waals surface area contributed by atoms with Crippen LogP contribution in [0.3, 0.4) is 0 Å². The van der Waals surface area contributed by atoms with Crippen LogP contribution in [0.5, 0.6) is 0 Å². The topological polar surface area (TPSA) is 91.9 Å². The van der Waals surface area contributed by atoms with E-state index in [1.807, 2.05) is 0 Å². The van der Waals surface area contributed by atoms with Crippen LogP contribution in [-0.4, -0.2) is 4.92 Å². The van der Waals surface area contributed by atoms with E-state index in [4.69, 9.17) is 5.53 Å².